The minimum Gasteiger partial charge on any atom is -0.506 e. The van der Waals surface area contributed by atoms with Gasteiger partial charge in [0.15, 0.2) is 31.0 Å². The number of carbonyl (C=O) groups excluding carboxylic acids is 2. The third kappa shape index (κ3) is 14.3. The van der Waals surface area contributed by atoms with Gasteiger partial charge in [0.2, 0.25) is 12.6 Å². The number of oxime groups is 2. The second-order valence-corrected chi connectivity index (χ2v) is 18.4. The van der Waals surface area contributed by atoms with Gasteiger partial charge >= 0.3 is 23.4 Å². The monoisotopic (exact) mass is 1130 g/mol. The van der Waals surface area contributed by atoms with E-state index in [1.165, 1.54) is 52.3 Å². The highest BCUT2D eigenvalue weighted by Gasteiger charge is 2.56. The van der Waals surface area contributed by atoms with Crippen molar-refractivity contribution in [1.29, 1.82) is 0 Å². The van der Waals surface area contributed by atoms with E-state index < -0.39 is 83.8 Å². The number of aliphatic hydroxyl groups excluding tert-OH is 2. The molecular weight excluding hydrogens is 1070 g/mol. The zero-order valence-corrected chi connectivity index (χ0v) is 46.4. The highest BCUT2D eigenvalue weighted by molar-refractivity contribution is 6.05. The molecule has 2 aromatic heterocycles. The summed E-state index contributed by atoms with van der Waals surface area (Å²) in [5.41, 5.74) is 0.901. The van der Waals surface area contributed by atoms with Crippen LogP contribution in [0, 0.1) is 50.9 Å². The first-order valence-corrected chi connectivity index (χ1v) is 25.1. The number of aliphatic hydroxyl groups is 2. The number of nitrogens with one attached hydrogen (secondary N) is 2. The van der Waals surface area contributed by atoms with Gasteiger partial charge in [0, 0.05) is 25.3 Å². The van der Waals surface area contributed by atoms with Gasteiger partial charge in [-0.3, -0.25) is 9.68 Å². The third-order valence-electron chi connectivity index (χ3n) is 13.2. The Morgan fingerprint density at radius 2 is 1.04 bits per heavy atom. The predicted molar refractivity (Wildman–Crippen MR) is 287 cm³/mol. The lowest BCUT2D eigenvalue weighted by atomic mass is 9.86. The number of rotatable bonds is 20. The summed E-state index contributed by atoms with van der Waals surface area (Å²) in [6.07, 6.45) is 4.13. The molecular formula is C55H66N4O22. The number of fused-ring (bicyclic) bond motifs is 2. The molecule has 2 aromatic carbocycles. The van der Waals surface area contributed by atoms with Crippen LogP contribution in [0.2, 0.25) is 0 Å². The standard InChI is InChI=1S/C28H32N2O11.C27H34N2O11/c1-8-13-36-29-16(5)19-20(31)17-11-12-18(15(4)22(17)39-25(19)33)38-26-21(32)23(40-27(34)30-37-14-9-2)24(35-7)28(6,10-3)41-26;1-8-13-36-29-26(33)39-22-20(31)25(40-27(6,9-2)23(22)34-7)37-17-12-11-16-19(30)18(15(5)28-35-10-3)24(32)38-21(16)14(17)4/h1-2,11-12,21,23-24,26,31-32H,10,13-14H2,3-7H3,(H,30,34);1,11-12,20,22-23,25,30-31H,9-10,13H2,2-7H3,(H,29,33)/b29-16+;28-15+/t21-,23+,24-,26?,28+;20-,22+,23-,25?,27+/m11/s1. The summed E-state index contributed by atoms with van der Waals surface area (Å²) in [6, 6.07) is 5.98. The van der Waals surface area contributed by atoms with Crippen LogP contribution in [0.25, 0.3) is 21.9 Å². The van der Waals surface area contributed by atoms with Gasteiger partial charge in [-0.25, -0.2) is 19.2 Å². The van der Waals surface area contributed by atoms with Crippen molar-refractivity contribution < 1.29 is 96.1 Å². The fourth-order valence-electron chi connectivity index (χ4n) is 8.82. The average molecular weight is 1140 g/mol. The van der Waals surface area contributed by atoms with Crippen LogP contribution in [-0.2, 0) is 47.8 Å². The molecule has 81 heavy (non-hydrogen) atoms. The maximum atomic E-state index is 12.8. The number of ether oxygens (including phenoxy) is 8. The number of aryl methyl sites for hydroxylation is 2. The van der Waals surface area contributed by atoms with Gasteiger partial charge in [-0.1, -0.05) is 41.9 Å². The smallest absolute Gasteiger partial charge is 0.431 e. The van der Waals surface area contributed by atoms with Gasteiger partial charge in [-0.05, 0) is 85.6 Å². The molecule has 2 aliphatic heterocycles. The zero-order chi connectivity index (χ0) is 59.9. The van der Waals surface area contributed by atoms with E-state index in [0.29, 0.717) is 24.0 Å². The Bertz CT molecular complexity index is 3210. The fourth-order valence-corrected chi connectivity index (χ4v) is 8.82. The second kappa shape index (κ2) is 28.4. The van der Waals surface area contributed by atoms with E-state index in [-0.39, 0.29) is 93.9 Å². The summed E-state index contributed by atoms with van der Waals surface area (Å²) in [4.78, 5) is 69.6. The van der Waals surface area contributed by atoms with Crippen molar-refractivity contribution in [2.75, 3.05) is 40.6 Å². The van der Waals surface area contributed by atoms with Crippen molar-refractivity contribution in [2.45, 2.75) is 136 Å². The van der Waals surface area contributed by atoms with Crippen LogP contribution in [0.1, 0.15) is 83.6 Å². The number of hydrogen-bond acceptors (Lipinski definition) is 24. The van der Waals surface area contributed by atoms with E-state index in [9.17, 15) is 39.6 Å². The van der Waals surface area contributed by atoms with Crippen LogP contribution < -0.4 is 31.7 Å². The van der Waals surface area contributed by atoms with Crippen molar-refractivity contribution in [2.24, 2.45) is 10.3 Å². The second-order valence-electron chi connectivity index (χ2n) is 18.4. The Balaban J connectivity index is 0.000000297. The lowest BCUT2D eigenvalue weighted by Crippen LogP contribution is -2.66. The van der Waals surface area contributed by atoms with Gasteiger partial charge < -0.3 is 76.8 Å². The van der Waals surface area contributed by atoms with Gasteiger partial charge in [-0.15, -0.1) is 19.3 Å². The number of hydroxylamine groups is 2. The first-order valence-electron chi connectivity index (χ1n) is 25.1. The quantitative estimate of drug-likeness (QED) is 0.0231. The van der Waals surface area contributed by atoms with E-state index in [0.717, 1.165) is 0 Å². The van der Waals surface area contributed by atoms with E-state index in [2.05, 4.69) is 28.1 Å². The van der Waals surface area contributed by atoms with Crippen molar-refractivity contribution in [1.82, 2.24) is 11.0 Å². The molecule has 26 nitrogen and oxygen atoms in total. The normalized spacial score (nSPS) is 24.5. The molecule has 10 atom stereocenters. The van der Waals surface area contributed by atoms with E-state index in [1.54, 1.807) is 34.6 Å². The molecule has 6 N–H and O–H groups in total. The average Bonchev–Trinajstić information content (AvgIpc) is 3.62. The number of hydrogen-bond donors (Lipinski definition) is 6. The Labute approximate surface area is 465 Å². The van der Waals surface area contributed by atoms with Crippen molar-refractivity contribution in [3.63, 3.8) is 0 Å². The maximum absolute atomic E-state index is 12.8. The minimum absolute atomic E-state index is 0.0299. The lowest BCUT2D eigenvalue weighted by molar-refractivity contribution is -0.311. The Morgan fingerprint density at radius 1 is 0.654 bits per heavy atom. The first kappa shape index (κ1) is 63.7. The van der Waals surface area contributed by atoms with E-state index >= 15 is 0 Å². The molecule has 0 saturated carbocycles. The number of amides is 2. The van der Waals surface area contributed by atoms with Crippen LogP contribution in [-0.4, -0.2) is 145 Å². The molecule has 4 heterocycles. The van der Waals surface area contributed by atoms with Crippen LogP contribution in [0.4, 0.5) is 9.59 Å². The maximum Gasteiger partial charge on any atom is 0.431 e. The molecule has 2 unspecified atom stereocenters. The van der Waals surface area contributed by atoms with E-state index in [4.69, 9.17) is 85.3 Å². The van der Waals surface area contributed by atoms with Crippen LogP contribution in [0.15, 0.2) is 53.0 Å². The summed E-state index contributed by atoms with van der Waals surface area (Å²) < 4.78 is 57.3. The summed E-state index contributed by atoms with van der Waals surface area (Å²) in [7, 11) is 2.79. The van der Waals surface area contributed by atoms with Gasteiger partial charge in [-0.2, -0.15) is 11.0 Å². The van der Waals surface area contributed by atoms with E-state index in [1.807, 2.05) is 24.8 Å². The first-order chi connectivity index (χ1) is 38.5. The molecule has 2 fully saturated rings. The van der Waals surface area contributed by atoms with Crippen LogP contribution in [0.5, 0.6) is 23.0 Å². The minimum atomic E-state index is -1.53. The molecule has 4 aromatic rings. The number of methoxy groups -OCH3 is 2. The van der Waals surface area contributed by atoms with Crippen molar-refractivity contribution in [3.8, 4) is 60.0 Å². The van der Waals surface area contributed by atoms with Gasteiger partial charge in [0.1, 0.15) is 77.3 Å². The Morgan fingerprint density at radius 3 is 1.38 bits per heavy atom. The van der Waals surface area contributed by atoms with Crippen LogP contribution in [0.3, 0.4) is 0 Å². The fraction of sp³-hybridized carbons (Fsp3) is 0.491. The molecule has 0 aliphatic carbocycles. The molecule has 0 bridgehead atoms. The lowest BCUT2D eigenvalue weighted by Gasteiger charge is -2.48. The van der Waals surface area contributed by atoms with Crippen molar-refractivity contribution in [3.05, 3.63) is 67.4 Å². The number of nitrogens with zero attached hydrogens (tertiary/aromatic N) is 2. The molecule has 26 heteroatoms. The number of aromatic hydroxyl groups is 2. The largest absolute Gasteiger partial charge is 0.506 e. The van der Waals surface area contributed by atoms with Gasteiger partial charge in [0.05, 0.1) is 33.4 Å². The molecule has 2 aliphatic rings. The summed E-state index contributed by atoms with van der Waals surface area (Å²) in [5.74, 6) is 6.26. The van der Waals surface area contributed by atoms with Crippen molar-refractivity contribution >= 4 is 45.5 Å². The highest BCUT2D eigenvalue weighted by Crippen LogP contribution is 2.41. The number of terminal acetylenes is 3. The Hall–Kier alpha value is -8.10. The molecule has 0 radical (unpaired) electrons. The molecule has 6 rings (SSSR count). The summed E-state index contributed by atoms with van der Waals surface area (Å²) in [6.45, 7) is 14.8. The van der Waals surface area contributed by atoms with Gasteiger partial charge in [0.25, 0.3) is 0 Å². The summed E-state index contributed by atoms with van der Waals surface area (Å²) in [5, 5.41) is 52.0. The SMILES string of the molecule is C#CCO/N=C(\C)c1c(O)c2ccc(OC3O[C@@](C)(CC)[C@H](OC)[C@@H](OC(=O)NOCC#C)[C@H]3O)c(C)c2oc1=O.C#CCONC(=O)O[C@@H]1[C@@H](OC)[C@](C)(CC)OC(Oc2ccc3c(O)c(/C(C)=N/OCC)c(=O)oc3c2C)[C@@H]1O. The Kier molecular flexibility index (Phi) is 22.3. The number of carbonyl (C=O) groups is 2. The summed E-state index contributed by atoms with van der Waals surface area (Å²) >= 11 is 0. The molecule has 2 saturated heterocycles. The predicted octanol–water partition coefficient (Wildman–Crippen LogP) is 4.63. The molecule has 438 valence electrons. The van der Waals surface area contributed by atoms with Crippen LogP contribution >= 0.6 is 0 Å². The topological polar surface area (TPSA) is 335 Å². The molecule has 0 spiro atoms. The zero-order valence-electron chi connectivity index (χ0n) is 46.4. The molecule has 2 amide bonds. The number of benzene rings is 2. The highest BCUT2D eigenvalue weighted by atomic mass is 16.7. The third-order valence-corrected chi connectivity index (χ3v) is 13.2.